The number of ether oxygens (including phenoxy) is 1. The molecule has 33 heavy (non-hydrogen) atoms. The maximum Gasteiger partial charge on any atom is 0.273 e. The first-order valence-electron chi connectivity index (χ1n) is 11.3. The Labute approximate surface area is 198 Å². The van der Waals surface area contributed by atoms with Crippen molar-refractivity contribution in [2.75, 3.05) is 13.1 Å². The molecule has 7 heteroatoms. The molecule has 0 saturated carbocycles. The van der Waals surface area contributed by atoms with E-state index in [9.17, 15) is 9.59 Å². The van der Waals surface area contributed by atoms with Crippen LogP contribution in [0.2, 0.25) is 0 Å². The van der Waals surface area contributed by atoms with Crippen LogP contribution < -0.4 is 10.1 Å². The summed E-state index contributed by atoms with van der Waals surface area (Å²) in [7, 11) is 0. The van der Waals surface area contributed by atoms with E-state index in [0.717, 1.165) is 34.7 Å². The number of aryl methyl sites for hydroxylation is 1. The second-order valence-electron chi connectivity index (χ2n) is 8.58. The Morgan fingerprint density at radius 1 is 1.09 bits per heavy atom. The van der Waals surface area contributed by atoms with Crippen molar-refractivity contribution in [1.82, 2.24) is 15.2 Å². The molecule has 1 aliphatic rings. The molecule has 0 atom stereocenters. The maximum atomic E-state index is 13.0. The maximum absolute atomic E-state index is 13.0. The van der Waals surface area contributed by atoms with Gasteiger partial charge in [0.25, 0.3) is 11.8 Å². The van der Waals surface area contributed by atoms with Crippen LogP contribution in [0.1, 0.15) is 53.1 Å². The number of nitrogens with one attached hydrogen (secondary N) is 1. The van der Waals surface area contributed by atoms with Crippen LogP contribution in [0.4, 0.5) is 0 Å². The van der Waals surface area contributed by atoms with Gasteiger partial charge in [-0.25, -0.2) is 4.98 Å². The van der Waals surface area contributed by atoms with Gasteiger partial charge in [-0.15, -0.1) is 11.3 Å². The number of aromatic nitrogens is 1. The summed E-state index contributed by atoms with van der Waals surface area (Å²) in [5.74, 6) is 0.715. The molecule has 2 heterocycles. The van der Waals surface area contributed by atoms with Crippen molar-refractivity contribution in [3.8, 4) is 16.3 Å². The molecule has 1 fully saturated rings. The number of nitrogens with zero attached hydrogens (tertiary/aromatic N) is 2. The van der Waals surface area contributed by atoms with Gasteiger partial charge < -0.3 is 15.0 Å². The lowest BCUT2D eigenvalue weighted by Gasteiger charge is -2.32. The van der Waals surface area contributed by atoms with E-state index in [1.54, 1.807) is 0 Å². The highest BCUT2D eigenvalue weighted by Crippen LogP contribution is 2.27. The Hall–Kier alpha value is -3.19. The molecule has 1 aliphatic heterocycles. The molecule has 6 nitrogen and oxygen atoms in total. The monoisotopic (exact) mass is 463 g/mol. The van der Waals surface area contributed by atoms with Crippen LogP contribution in [0, 0.1) is 6.92 Å². The first-order chi connectivity index (χ1) is 15.9. The summed E-state index contributed by atoms with van der Waals surface area (Å²) in [6.45, 7) is 7.13. The van der Waals surface area contributed by atoms with E-state index < -0.39 is 0 Å². The van der Waals surface area contributed by atoms with Gasteiger partial charge in [0, 0.05) is 35.6 Å². The third kappa shape index (κ3) is 5.60. The number of carbonyl (C=O) groups is 2. The van der Waals surface area contributed by atoms with E-state index in [1.165, 1.54) is 11.3 Å². The molecule has 0 unspecified atom stereocenters. The molecule has 2 amide bonds. The zero-order valence-corrected chi connectivity index (χ0v) is 20.0. The number of carbonyl (C=O) groups excluding carboxylic acids is 2. The predicted molar refractivity (Wildman–Crippen MR) is 131 cm³/mol. The van der Waals surface area contributed by atoms with Crippen LogP contribution in [0.5, 0.6) is 5.75 Å². The molecule has 0 radical (unpaired) electrons. The molecular weight excluding hydrogens is 434 g/mol. The fourth-order valence-corrected chi connectivity index (χ4v) is 4.73. The van der Waals surface area contributed by atoms with Gasteiger partial charge >= 0.3 is 0 Å². The molecule has 1 saturated heterocycles. The van der Waals surface area contributed by atoms with Crippen LogP contribution in [0.15, 0.2) is 53.9 Å². The highest BCUT2D eigenvalue weighted by atomic mass is 32.1. The molecule has 0 spiro atoms. The van der Waals surface area contributed by atoms with Crippen molar-refractivity contribution >= 4 is 23.2 Å². The lowest BCUT2D eigenvalue weighted by Crippen LogP contribution is -2.46. The zero-order valence-electron chi connectivity index (χ0n) is 19.2. The van der Waals surface area contributed by atoms with Gasteiger partial charge in [-0.05, 0) is 69.5 Å². The standard InChI is InChI=1S/C26H29N3O3S/c1-17(2)32-21-10-8-19(9-11-21)25-28-23(16-33-25)26(31)29-14-12-20(13-15-29)27-24(30)22-7-5-4-6-18(22)3/h4-11,16-17,20H,12-15H2,1-3H3,(H,27,30). The average molecular weight is 464 g/mol. The third-order valence-electron chi connectivity index (χ3n) is 5.70. The first-order valence-corrected chi connectivity index (χ1v) is 12.2. The highest BCUT2D eigenvalue weighted by molar-refractivity contribution is 7.13. The van der Waals surface area contributed by atoms with Crippen molar-refractivity contribution in [2.45, 2.75) is 45.8 Å². The second kappa shape index (κ2) is 10.2. The molecule has 4 rings (SSSR count). The van der Waals surface area contributed by atoms with Crippen LogP contribution in [-0.2, 0) is 0 Å². The second-order valence-corrected chi connectivity index (χ2v) is 9.44. The number of rotatable bonds is 6. The largest absolute Gasteiger partial charge is 0.491 e. The minimum absolute atomic E-state index is 0.0492. The zero-order chi connectivity index (χ0) is 23.4. The van der Waals surface area contributed by atoms with Crippen LogP contribution in [0.25, 0.3) is 10.6 Å². The smallest absolute Gasteiger partial charge is 0.273 e. The van der Waals surface area contributed by atoms with E-state index in [0.29, 0.717) is 24.3 Å². The van der Waals surface area contributed by atoms with E-state index in [-0.39, 0.29) is 24.0 Å². The van der Waals surface area contributed by atoms with Gasteiger partial charge in [-0.2, -0.15) is 0 Å². The summed E-state index contributed by atoms with van der Waals surface area (Å²) in [5, 5.41) is 5.75. The molecular formula is C26H29N3O3S. The van der Waals surface area contributed by atoms with Gasteiger partial charge in [0.05, 0.1) is 6.10 Å². The number of amides is 2. The average Bonchev–Trinajstić information content (AvgIpc) is 3.30. The number of thiazole rings is 1. The number of piperidine rings is 1. The summed E-state index contributed by atoms with van der Waals surface area (Å²) in [5.41, 5.74) is 3.10. The molecule has 1 N–H and O–H groups in total. The minimum atomic E-state index is -0.0547. The minimum Gasteiger partial charge on any atom is -0.491 e. The van der Waals surface area contributed by atoms with Gasteiger partial charge in [-0.3, -0.25) is 9.59 Å². The van der Waals surface area contributed by atoms with Crippen LogP contribution in [-0.4, -0.2) is 46.9 Å². The topological polar surface area (TPSA) is 71.5 Å². The summed E-state index contributed by atoms with van der Waals surface area (Å²) in [4.78, 5) is 32.0. The molecule has 2 aromatic carbocycles. The number of hydrogen-bond acceptors (Lipinski definition) is 5. The Bertz CT molecular complexity index is 1120. The van der Waals surface area contributed by atoms with Gasteiger partial charge in [-0.1, -0.05) is 18.2 Å². The fraction of sp³-hybridized carbons (Fsp3) is 0.346. The number of hydrogen-bond donors (Lipinski definition) is 1. The van der Waals surface area contributed by atoms with Crippen LogP contribution >= 0.6 is 11.3 Å². The van der Waals surface area contributed by atoms with Gasteiger partial charge in [0.2, 0.25) is 0 Å². The normalized spacial score (nSPS) is 14.4. The number of benzene rings is 2. The Kier molecular flexibility index (Phi) is 7.08. The lowest BCUT2D eigenvalue weighted by molar-refractivity contribution is 0.0693. The summed E-state index contributed by atoms with van der Waals surface area (Å²) < 4.78 is 5.69. The van der Waals surface area contributed by atoms with Crippen molar-refractivity contribution < 1.29 is 14.3 Å². The SMILES string of the molecule is Cc1ccccc1C(=O)NC1CCN(C(=O)c2csc(-c3ccc(OC(C)C)cc3)n2)CC1. The first kappa shape index (κ1) is 23.0. The summed E-state index contributed by atoms with van der Waals surface area (Å²) in [6.07, 6.45) is 1.59. The van der Waals surface area contributed by atoms with Gasteiger partial charge in [0.1, 0.15) is 16.5 Å². The quantitative estimate of drug-likeness (QED) is 0.562. The molecule has 0 aliphatic carbocycles. The van der Waals surface area contributed by atoms with Gasteiger partial charge in [0.15, 0.2) is 0 Å². The van der Waals surface area contributed by atoms with Crippen molar-refractivity contribution in [3.05, 3.63) is 70.7 Å². The molecule has 3 aromatic rings. The molecule has 172 valence electrons. The van der Waals surface area contributed by atoms with Crippen molar-refractivity contribution in [3.63, 3.8) is 0 Å². The summed E-state index contributed by atoms with van der Waals surface area (Å²) in [6, 6.07) is 15.4. The van der Waals surface area contributed by atoms with Crippen molar-refractivity contribution in [1.29, 1.82) is 0 Å². The Balaban J connectivity index is 1.32. The van der Waals surface area contributed by atoms with E-state index in [1.807, 2.05) is 79.6 Å². The van der Waals surface area contributed by atoms with Crippen LogP contribution in [0.3, 0.4) is 0 Å². The fourth-order valence-electron chi connectivity index (χ4n) is 3.93. The van der Waals surface area contributed by atoms with Crippen molar-refractivity contribution in [2.24, 2.45) is 0 Å². The number of likely N-dealkylation sites (tertiary alicyclic amines) is 1. The van der Waals surface area contributed by atoms with E-state index in [4.69, 9.17) is 4.74 Å². The van der Waals surface area contributed by atoms with E-state index in [2.05, 4.69) is 10.3 Å². The Morgan fingerprint density at radius 2 is 1.79 bits per heavy atom. The highest BCUT2D eigenvalue weighted by Gasteiger charge is 2.26. The van der Waals surface area contributed by atoms with E-state index >= 15 is 0 Å². The predicted octanol–water partition coefficient (Wildman–Crippen LogP) is 4.94. The molecule has 0 bridgehead atoms. The summed E-state index contributed by atoms with van der Waals surface area (Å²) >= 11 is 1.47. The third-order valence-corrected chi connectivity index (χ3v) is 6.59. The Morgan fingerprint density at radius 3 is 2.45 bits per heavy atom. The lowest BCUT2D eigenvalue weighted by atomic mass is 10.0. The molecule has 1 aromatic heterocycles.